The first-order chi connectivity index (χ1) is 12.2. The van der Waals surface area contributed by atoms with Gasteiger partial charge in [-0.3, -0.25) is 9.89 Å². The zero-order valence-corrected chi connectivity index (χ0v) is 21.0. The number of hydrogen-bond acceptors (Lipinski definition) is 4. The second-order valence-corrected chi connectivity index (χ2v) is 8.35. The Labute approximate surface area is 184 Å². The maximum absolute atomic E-state index is 5.86. The van der Waals surface area contributed by atoms with Crippen molar-refractivity contribution in [3.8, 4) is 0 Å². The smallest absolute Gasteiger partial charge is 0.191 e. The van der Waals surface area contributed by atoms with Crippen molar-refractivity contribution in [2.75, 3.05) is 39.8 Å². The van der Waals surface area contributed by atoms with Crippen LogP contribution in [0.1, 0.15) is 54.9 Å². The van der Waals surface area contributed by atoms with Crippen molar-refractivity contribution < 1.29 is 9.47 Å². The topological polar surface area (TPSA) is 58.1 Å². The first kappa shape index (κ1) is 26.9. The van der Waals surface area contributed by atoms with Crippen LogP contribution in [0.25, 0.3) is 0 Å². The van der Waals surface area contributed by atoms with Gasteiger partial charge in [0.2, 0.25) is 0 Å². The van der Waals surface area contributed by atoms with E-state index in [1.165, 1.54) is 0 Å². The van der Waals surface area contributed by atoms with Gasteiger partial charge in [-0.15, -0.1) is 24.0 Å². The third-order valence-electron chi connectivity index (χ3n) is 5.03. The summed E-state index contributed by atoms with van der Waals surface area (Å²) < 4.78 is 11.7. The molecule has 3 atom stereocenters. The Balaban J connectivity index is 0.00000676. The summed E-state index contributed by atoms with van der Waals surface area (Å²) in [7, 11) is 1.82. The van der Waals surface area contributed by atoms with Gasteiger partial charge in [0.1, 0.15) is 0 Å². The van der Waals surface area contributed by atoms with E-state index in [0.29, 0.717) is 12.0 Å². The Kier molecular flexibility index (Phi) is 13.1. The number of morpholine rings is 1. The highest BCUT2D eigenvalue weighted by atomic mass is 127. The molecule has 7 heteroatoms. The Morgan fingerprint density at radius 1 is 1.22 bits per heavy atom. The lowest BCUT2D eigenvalue weighted by atomic mass is 10.00. The molecule has 0 amide bonds. The summed E-state index contributed by atoms with van der Waals surface area (Å²) in [5.41, 5.74) is 0.0374. The lowest BCUT2D eigenvalue weighted by Crippen LogP contribution is -2.59. The van der Waals surface area contributed by atoms with Gasteiger partial charge in [0, 0.05) is 45.4 Å². The number of hydrogen-bond donors (Lipinski definition) is 2. The quantitative estimate of drug-likeness (QED) is 0.291. The van der Waals surface area contributed by atoms with E-state index >= 15 is 0 Å². The van der Waals surface area contributed by atoms with Gasteiger partial charge < -0.3 is 20.1 Å². The molecule has 0 aliphatic carbocycles. The molecule has 1 rings (SSSR count). The molecule has 0 bridgehead atoms. The molecule has 1 aliphatic heterocycles. The van der Waals surface area contributed by atoms with Crippen molar-refractivity contribution in [2.45, 2.75) is 78.7 Å². The van der Waals surface area contributed by atoms with Crippen molar-refractivity contribution in [2.24, 2.45) is 10.9 Å². The summed E-state index contributed by atoms with van der Waals surface area (Å²) in [5.74, 6) is 1.38. The van der Waals surface area contributed by atoms with Gasteiger partial charge in [0.25, 0.3) is 0 Å². The lowest BCUT2D eigenvalue weighted by Gasteiger charge is -2.45. The molecule has 1 heterocycles. The molecule has 0 aromatic carbocycles. The monoisotopic (exact) mass is 498 g/mol. The van der Waals surface area contributed by atoms with E-state index < -0.39 is 0 Å². The fraction of sp³-hybridized carbons (Fsp3) is 0.950. The number of nitrogens with one attached hydrogen (secondary N) is 2. The van der Waals surface area contributed by atoms with E-state index in [0.717, 1.165) is 45.2 Å². The zero-order chi connectivity index (χ0) is 19.7. The average molecular weight is 498 g/mol. The first-order valence-corrected chi connectivity index (χ1v) is 10.2. The Hall–Kier alpha value is -0.120. The normalized spacial score (nSPS) is 23.1. The van der Waals surface area contributed by atoms with E-state index in [-0.39, 0.29) is 41.7 Å². The summed E-state index contributed by atoms with van der Waals surface area (Å²) in [4.78, 5) is 6.87. The predicted octanol–water partition coefficient (Wildman–Crippen LogP) is 3.11. The minimum atomic E-state index is 0. The fourth-order valence-corrected chi connectivity index (χ4v) is 3.46. The second kappa shape index (κ2) is 13.2. The van der Waals surface area contributed by atoms with E-state index in [4.69, 9.17) is 9.47 Å². The van der Waals surface area contributed by atoms with Crippen LogP contribution in [-0.4, -0.2) is 74.5 Å². The molecule has 0 radical (unpaired) electrons. The second-order valence-electron chi connectivity index (χ2n) is 8.35. The largest absolute Gasteiger partial charge is 0.378 e. The Morgan fingerprint density at radius 2 is 1.81 bits per heavy atom. The van der Waals surface area contributed by atoms with Crippen LogP contribution in [-0.2, 0) is 9.47 Å². The zero-order valence-electron chi connectivity index (χ0n) is 18.7. The predicted molar refractivity (Wildman–Crippen MR) is 125 cm³/mol. The summed E-state index contributed by atoms with van der Waals surface area (Å²) in [6.45, 7) is 19.7. The molecule has 0 spiro atoms. The molecule has 2 N–H and O–H groups in total. The van der Waals surface area contributed by atoms with Crippen LogP contribution < -0.4 is 10.6 Å². The highest BCUT2D eigenvalue weighted by Gasteiger charge is 2.33. The number of rotatable bonds is 9. The van der Waals surface area contributed by atoms with Crippen LogP contribution in [0.2, 0.25) is 0 Å². The number of nitrogens with zero attached hydrogens (tertiary/aromatic N) is 2. The van der Waals surface area contributed by atoms with Crippen molar-refractivity contribution in [3.05, 3.63) is 0 Å². The molecular weight excluding hydrogens is 455 g/mol. The Morgan fingerprint density at radius 3 is 2.30 bits per heavy atom. The van der Waals surface area contributed by atoms with E-state index in [2.05, 4.69) is 69.0 Å². The molecule has 0 saturated carbocycles. The number of aliphatic imine (C=N–C) groups is 1. The van der Waals surface area contributed by atoms with Gasteiger partial charge in [-0.25, -0.2) is 0 Å². The highest BCUT2D eigenvalue weighted by Crippen LogP contribution is 2.20. The number of ether oxygens (including phenoxy) is 2. The maximum Gasteiger partial charge on any atom is 0.191 e. The van der Waals surface area contributed by atoms with Gasteiger partial charge >= 0.3 is 0 Å². The van der Waals surface area contributed by atoms with Crippen LogP contribution in [0.5, 0.6) is 0 Å². The van der Waals surface area contributed by atoms with Crippen molar-refractivity contribution in [1.82, 2.24) is 15.5 Å². The van der Waals surface area contributed by atoms with Crippen molar-refractivity contribution in [1.29, 1.82) is 0 Å². The highest BCUT2D eigenvalue weighted by molar-refractivity contribution is 14.0. The van der Waals surface area contributed by atoms with Gasteiger partial charge in [0.05, 0.1) is 18.3 Å². The van der Waals surface area contributed by atoms with Gasteiger partial charge in [-0.1, -0.05) is 13.8 Å². The van der Waals surface area contributed by atoms with Gasteiger partial charge in [-0.2, -0.15) is 0 Å². The van der Waals surface area contributed by atoms with Crippen molar-refractivity contribution in [3.63, 3.8) is 0 Å². The minimum Gasteiger partial charge on any atom is -0.378 e. The molecule has 3 unspecified atom stereocenters. The molecule has 6 nitrogen and oxygen atoms in total. The van der Waals surface area contributed by atoms with Crippen LogP contribution in [0.15, 0.2) is 4.99 Å². The van der Waals surface area contributed by atoms with E-state index in [1.54, 1.807) is 0 Å². The van der Waals surface area contributed by atoms with E-state index in [9.17, 15) is 0 Å². The Bertz CT molecular complexity index is 422. The number of halogens is 1. The molecule has 1 aliphatic rings. The molecule has 1 saturated heterocycles. The molecule has 162 valence electrons. The third-order valence-corrected chi connectivity index (χ3v) is 5.03. The molecule has 0 aromatic rings. The minimum absolute atomic E-state index is 0. The fourth-order valence-electron chi connectivity index (χ4n) is 3.46. The van der Waals surface area contributed by atoms with E-state index in [1.807, 2.05) is 7.05 Å². The number of guanidine groups is 1. The average Bonchev–Trinajstić information content (AvgIpc) is 2.55. The molecular formula is C20H43IN4O2. The summed E-state index contributed by atoms with van der Waals surface area (Å²) >= 11 is 0. The van der Waals surface area contributed by atoms with Crippen LogP contribution in [0.4, 0.5) is 0 Å². The van der Waals surface area contributed by atoms with Crippen LogP contribution in [0, 0.1) is 5.92 Å². The van der Waals surface area contributed by atoms with Gasteiger partial charge in [0.15, 0.2) is 5.96 Å². The summed E-state index contributed by atoms with van der Waals surface area (Å²) in [6, 6.07) is 0. The van der Waals surface area contributed by atoms with Crippen LogP contribution >= 0.6 is 24.0 Å². The molecule has 0 aromatic heterocycles. The lowest BCUT2D eigenvalue weighted by molar-refractivity contribution is -0.0946. The summed E-state index contributed by atoms with van der Waals surface area (Å²) in [6.07, 6.45) is 1.83. The first-order valence-electron chi connectivity index (χ1n) is 10.2. The maximum atomic E-state index is 5.86. The van der Waals surface area contributed by atoms with Crippen molar-refractivity contribution >= 4 is 29.9 Å². The molecule has 1 fully saturated rings. The van der Waals surface area contributed by atoms with Crippen LogP contribution in [0.3, 0.4) is 0 Å². The standard InChI is InChI=1S/C20H42N4O2.HI/c1-9-25-18(15(2)3)10-11-22-19(21-8)23-14-20(6,7)24-12-16(4)26-17(5)13-24;/h15-18H,9-14H2,1-8H3,(H2,21,22,23);1H. The van der Waals surface area contributed by atoms with Gasteiger partial charge in [-0.05, 0) is 47.0 Å². The summed E-state index contributed by atoms with van der Waals surface area (Å²) in [5, 5.41) is 6.91. The SMILES string of the molecule is CCOC(CCNC(=NC)NCC(C)(C)N1CC(C)OC(C)C1)C(C)C.I. The third kappa shape index (κ3) is 9.76. The molecule has 27 heavy (non-hydrogen) atoms.